The van der Waals surface area contributed by atoms with Gasteiger partial charge in [-0.3, -0.25) is 4.79 Å². The molecular weight excluding hydrogens is 200 g/mol. The minimum absolute atomic E-state index is 0.0601. The lowest BCUT2D eigenvalue weighted by molar-refractivity contribution is -0.154. The molecule has 0 saturated heterocycles. The molecule has 84 valence electrons. The predicted octanol–water partition coefficient (Wildman–Crippen LogP) is 2.40. The van der Waals surface area contributed by atoms with Crippen molar-refractivity contribution >= 4 is 17.7 Å². The third kappa shape index (κ3) is 8.53. The van der Waals surface area contributed by atoms with E-state index in [1.54, 1.807) is 0 Å². The minimum Gasteiger partial charge on any atom is -0.353 e. The average Bonchev–Trinajstić information content (AvgIpc) is 2.03. The van der Waals surface area contributed by atoms with Gasteiger partial charge >= 0.3 is 0 Å². The summed E-state index contributed by atoms with van der Waals surface area (Å²) in [5, 5.41) is -0.0601. The molecule has 14 heavy (non-hydrogen) atoms. The van der Waals surface area contributed by atoms with Crippen LogP contribution in [0.1, 0.15) is 40.0 Å². The highest BCUT2D eigenvalue weighted by atomic mass is 32.1. The summed E-state index contributed by atoms with van der Waals surface area (Å²) in [4.78, 5) is 10.5. The first-order chi connectivity index (χ1) is 6.56. The Morgan fingerprint density at radius 1 is 1.43 bits per heavy atom. The van der Waals surface area contributed by atoms with Crippen molar-refractivity contribution in [2.75, 3.05) is 6.61 Å². The molecule has 3 nitrogen and oxygen atoms in total. The normalized spacial score (nSPS) is 15.1. The maximum absolute atomic E-state index is 10.5. The van der Waals surface area contributed by atoms with Gasteiger partial charge in [0, 0.05) is 13.0 Å². The van der Waals surface area contributed by atoms with E-state index in [-0.39, 0.29) is 17.5 Å². The van der Waals surface area contributed by atoms with Crippen LogP contribution in [0.15, 0.2) is 0 Å². The van der Waals surface area contributed by atoms with Crippen molar-refractivity contribution < 1.29 is 14.3 Å². The first-order valence-electron chi connectivity index (χ1n) is 5.05. The lowest BCUT2D eigenvalue weighted by Gasteiger charge is -2.18. The van der Waals surface area contributed by atoms with Crippen molar-refractivity contribution in [2.24, 2.45) is 0 Å². The Kier molecular flexibility index (Phi) is 8.23. The number of hydrogen-bond acceptors (Lipinski definition) is 3. The minimum atomic E-state index is -0.165. The summed E-state index contributed by atoms with van der Waals surface area (Å²) in [5.74, 6) is 0. The highest BCUT2D eigenvalue weighted by Gasteiger charge is 2.08. The lowest BCUT2D eigenvalue weighted by Crippen LogP contribution is -2.19. The quantitative estimate of drug-likeness (QED) is 0.504. The molecule has 0 radical (unpaired) electrons. The first kappa shape index (κ1) is 13.9. The molecule has 0 aliphatic carbocycles. The standard InChI is InChI=1S/C10H20O3S/c1-4-12-9(3)13-8(2)6-5-7-10(11)14/h8-9H,4-7H2,1-3H3,(H,11,14). The molecule has 0 rings (SSSR count). The molecule has 0 saturated carbocycles. The van der Waals surface area contributed by atoms with Crippen molar-refractivity contribution in [1.29, 1.82) is 0 Å². The van der Waals surface area contributed by atoms with Crippen molar-refractivity contribution in [3.63, 3.8) is 0 Å². The van der Waals surface area contributed by atoms with Gasteiger partial charge in [0.15, 0.2) is 11.4 Å². The van der Waals surface area contributed by atoms with Crippen LogP contribution in [0.25, 0.3) is 0 Å². The summed E-state index contributed by atoms with van der Waals surface area (Å²) in [6, 6.07) is 0. The van der Waals surface area contributed by atoms with Gasteiger partial charge < -0.3 is 9.47 Å². The molecule has 0 spiro atoms. The Balaban J connectivity index is 3.44. The highest BCUT2D eigenvalue weighted by molar-refractivity contribution is 7.96. The average molecular weight is 220 g/mol. The van der Waals surface area contributed by atoms with E-state index in [1.807, 2.05) is 20.8 Å². The second kappa shape index (κ2) is 8.26. The van der Waals surface area contributed by atoms with Gasteiger partial charge in [-0.05, 0) is 33.6 Å². The number of rotatable bonds is 8. The predicted molar refractivity (Wildman–Crippen MR) is 59.5 cm³/mol. The molecule has 2 unspecified atom stereocenters. The van der Waals surface area contributed by atoms with Crippen LogP contribution in [-0.2, 0) is 14.3 Å². The van der Waals surface area contributed by atoms with E-state index >= 15 is 0 Å². The number of carbonyl (C=O) groups excluding carboxylic acids is 1. The SMILES string of the molecule is CCOC(C)OC(C)CCCC(=O)S. The van der Waals surface area contributed by atoms with Gasteiger partial charge in [-0.15, -0.1) is 12.6 Å². The second-order valence-electron chi connectivity index (χ2n) is 3.26. The van der Waals surface area contributed by atoms with E-state index in [0.29, 0.717) is 13.0 Å². The van der Waals surface area contributed by atoms with E-state index in [2.05, 4.69) is 12.6 Å². The fraction of sp³-hybridized carbons (Fsp3) is 0.900. The van der Waals surface area contributed by atoms with E-state index in [4.69, 9.17) is 9.47 Å². The zero-order valence-electron chi connectivity index (χ0n) is 9.16. The molecule has 2 atom stereocenters. The zero-order valence-corrected chi connectivity index (χ0v) is 10.0. The van der Waals surface area contributed by atoms with E-state index in [0.717, 1.165) is 12.8 Å². The molecule has 0 aliphatic rings. The fourth-order valence-electron chi connectivity index (χ4n) is 1.21. The fourth-order valence-corrected chi connectivity index (χ4v) is 1.37. The largest absolute Gasteiger partial charge is 0.353 e. The van der Waals surface area contributed by atoms with Crippen LogP contribution < -0.4 is 0 Å². The molecule has 0 N–H and O–H groups in total. The van der Waals surface area contributed by atoms with Gasteiger partial charge in [-0.1, -0.05) is 0 Å². The Hall–Kier alpha value is -0.0600. The van der Waals surface area contributed by atoms with Crippen LogP contribution in [0, 0.1) is 0 Å². The van der Waals surface area contributed by atoms with E-state index in [1.165, 1.54) is 0 Å². The molecular formula is C10H20O3S. The van der Waals surface area contributed by atoms with Crippen molar-refractivity contribution in [3.8, 4) is 0 Å². The maximum atomic E-state index is 10.5. The van der Waals surface area contributed by atoms with Gasteiger partial charge in [0.25, 0.3) is 0 Å². The molecule has 0 fully saturated rings. The van der Waals surface area contributed by atoms with E-state index in [9.17, 15) is 4.79 Å². The van der Waals surface area contributed by atoms with Crippen molar-refractivity contribution in [1.82, 2.24) is 0 Å². The zero-order chi connectivity index (χ0) is 11.0. The summed E-state index contributed by atoms with van der Waals surface area (Å²) in [6.07, 6.45) is 2.16. The first-order valence-corrected chi connectivity index (χ1v) is 5.49. The maximum Gasteiger partial charge on any atom is 0.185 e. The molecule has 0 amide bonds. The molecule has 4 heteroatoms. The summed E-state index contributed by atoms with van der Waals surface area (Å²) < 4.78 is 10.7. The Morgan fingerprint density at radius 2 is 2.07 bits per heavy atom. The van der Waals surface area contributed by atoms with Crippen molar-refractivity contribution in [2.45, 2.75) is 52.4 Å². The van der Waals surface area contributed by atoms with Crippen LogP contribution in [0.4, 0.5) is 0 Å². The van der Waals surface area contributed by atoms with Gasteiger partial charge in [0.2, 0.25) is 0 Å². The Bertz CT molecular complexity index is 161. The van der Waals surface area contributed by atoms with Crippen molar-refractivity contribution in [3.05, 3.63) is 0 Å². The monoisotopic (exact) mass is 220 g/mol. The van der Waals surface area contributed by atoms with Crippen LogP contribution in [0.3, 0.4) is 0 Å². The third-order valence-corrected chi connectivity index (χ3v) is 2.05. The Labute approximate surface area is 91.6 Å². The van der Waals surface area contributed by atoms with Crippen LogP contribution >= 0.6 is 12.6 Å². The van der Waals surface area contributed by atoms with Gasteiger partial charge in [0.1, 0.15) is 0 Å². The summed E-state index contributed by atoms with van der Waals surface area (Å²) in [5.41, 5.74) is 0. The highest BCUT2D eigenvalue weighted by Crippen LogP contribution is 2.08. The second-order valence-corrected chi connectivity index (χ2v) is 3.75. The summed E-state index contributed by atoms with van der Waals surface area (Å²) >= 11 is 3.70. The molecule has 0 heterocycles. The lowest BCUT2D eigenvalue weighted by atomic mass is 10.2. The van der Waals surface area contributed by atoms with Gasteiger partial charge in [-0.25, -0.2) is 0 Å². The molecule has 0 bridgehead atoms. The van der Waals surface area contributed by atoms with Crippen LogP contribution in [0.2, 0.25) is 0 Å². The van der Waals surface area contributed by atoms with Crippen LogP contribution in [-0.4, -0.2) is 24.1 Å². The van der Waals surface area contributed by atoms with Crippen LogP contribution in [0.5, 0.6) is 0 Å². The number of ether oxygens (including phenoxy) is 2. The van der Waals surface area contributed by atoms with E-state index < -0.39 is 0 Å². The molecule has 0 aromatic carbocycles. The number of hydrogen-bond donors (Lipinski definition) is 1. The molecule has 0 aliphatic heterocycles. The number of carbonyl (C=O) groups is 1. The van der Waals surface area contributed by atoms with Gasteiger partial charge in [0.05, 0.1) is 6.10 Å². The number of thiol groups is 1. The molecule has 0 aromatic rings. The summed E-state index contributed by atoms with van der Waals surface area (Å²) in [6.45, 7) is 6.45. The topological polar surface area (TPSA) is 35.5 Å². The smallest absolute Gasteiger partial charge is 0.185 e. The summed E-state index contributed by atoms with van der Waals surface area (Å²) in [7, 11) is 0. The Morgan fingerprint density at radius 3 is 2.57 bits per heavy atom. The third-order valence-electron chi connectivity index (χ3n) is 1.83. The molecule has 0 aromatic heterocycles. The van der Waals surface area contributed by atoms with Gasteiger partial charge in [-0.2, -0.15) is 0 Å².